The Kier molecular flexibility index (Phi) is 13.0. The Balaban J connectivity index is 0.948. The highest BCUT2D eigenvalue weighted by Gasteiger charge is 2.20. The van der Waals surface area contributed by atoms with Crippen LogP contribution in [0, 0.1) is 0 Å². The maximum Gasteiger partial charge on any atom is 0.220 e. The lowest BCUT2D eigenvalue weighted by molar-refractivity contribution is -0.122. The van der Waals surface area contributed by atoms with E-state index in [4.69, 9.17) is 0 Å². The van der Waals surface area contributed by atoms with Crippen LogP contribution in [0.4, 0.5) is 0 Å². The second-order valence-corrected chi connectivity index (χ2v) is 12.2. The summed E-state index contributed by atoms with van der Waals surface area (Å²) in [6.45, 7) is 7.56. The van der Waals surface area contributed by atoms with Gasteiger partial charge in [-0.1, -0.05) is 121 Å². The fourth-order valence-electron chi connectivity index (χ4n) is 6.41. The summed E-state index contributed by atoms with van der Waals surface area (Å²) in [7, 11) is 0. The molecule has 1 aliphatic rings. The first-order chi connectivity index (χ1) is 22.7. The van der Waals surface area contributed by atoms with Crippen LogP contribution in [-0.4, -0.2) is 74.0 Å². The number of nitrogens with one attached hydrogen (secondary N) is 2. The predicted octanol–water partition coefficient (Wildman–Crippen LogP) is 6.06. The van der Waals surface area contributed by atoms with Gasteiger partial charge in [-0.3, -0.25) is 9.59 Å². The minimum absolute atomic E-state index is 0.0595. The van der Waals surface area contributed by atoms with Crippen LogP contribution < -0.4 is 10.6 Å². The number of carbonyl (C=O) groups excluding carboxylic acids is 2. The Morgan fingerprint density at radius 1 is 0.478 bits per heavy atom. The fourth-order valence-corrected chi connectivity index (χ4v) is 6.41. The summed E-state index contributed by atoms with van der Waals surface area (Å²) in [5.74, 6) is 0.323. The zero-order valence-corrected chi connectivity index (χ0v) is 26.9. The third-order valence-corrected chi connectivity index (χ3v) is 9.00. The van der Waals surface area contributed by atoms with Gasteiger partial charge < -0.3 is 20.4 Å². The van der Waals surface area contributed by atoms with Crippen molar-refractivity contribution >= 4 is 11.8 Å². The number of hydrogen-bond donors (Lipinski definition) is 2. The Hall–Kier alpha value is -4.26. The van der Waals surface area contributed by atoms with Gasteiger partial charge in [-0.2, -0.15) is 0 Å². The Labute approximate surface area is 274 Å². The molecule has 2 N–H and O–H groups in total. The normalized spacial score (nSPS) is 14.0. The third-order valence-electron chi connectivity index (χ3n) is 9.00. The summed E-state index contributed by atoms with van der Waals surface area (Å²) in [6, 6.07) is 41.2. The highest BCUT2D eigenvalue weighted by Crippen LogP contribution is 2.29. The van der Waals surface area contributed by atoms with Crippen LogP contribution in [0.25, 0.3) is 0 Å². The van der Waals surface area contributed by atoms with Crippen LogP contribution in [0.15, 0.2) is 121 Å². The Morgan fingerprint density at radius 3 is 1.04 bits per heavy atom. The van der Waals surface area contributed by atoms with Crippen molar-refractivity contribution < 1.29 is 9.59 Å². The van der Waals surface area contributed by atoms with Crippen molar-refractivity contribution in [1.82, 2.24) is 20.4 Å². The number of benzene rings is 4. The maximum atomic E-state index is 12.9. The van der Waals surface area contributed by atoms with Gasteiger partial charge >= 0.3 is 0 Å². The number of hydrogen-bond acceptors (Lipinski definition) is 4. The van der Waals surface area contributed by atoms with Gasteiger partial charge in [0, 0.05) is 63.9 Å². The number of carbonyl (C=O) groups is 2. The smallest absolute Gasteiger partial charge is 0.220 e. The van der Waals surface area contributed by atoms with Gasteiger partial charge in [0.15, 0.2) is 0 Å². The Morgan fingerprint density at radius 2 is 0.761 bits per heavy atom. The average Bonchev–Trinajstić information content (AvgIpc) is 3.12. The lowest BCUT2D eigenvalue weighted by Crippen LogP contribution is -2.47. The van der Waals surface area contributed by atoms with Crippen LogP contribution in [0.2, 0.25) is 0 Å². The van der Waals surface area contributed by atoms with E-state index in [0.29, 0.717) is 25.9 Å². The molecule has 0 atom stereocenters. The van der Waals surface area contributed by atoms with Gasteiger partial charge in [0.05, 0.1) is 0 Å². The van der Waals surface area contributed by atoms with Gasteiger partial charge in [0.25, 0.3) is 0 Å². The van der Waals surface area contributed by atoms with Crippen LogP contribution in [0.1, 0.15) is 59.8 Å². The van der Waals surface area contributed by atoms with Crippen LogP contribution in [0.3, 0.4) is 0 Å². The van der Waals surface area contributed by atoms with E-state index < -0.39 is 0 Å². The number of rotatable bonds is 16. The third kappa shape index (κ3) is 10.4. The zero-order chi connectivity index (χ0) is 31.8. The fraction of sp³-hybridized carbons (Fsp3) is 0.350. The van der Waals surface area contributed by atoms with Crippen molar-refractivity contribution in [1.29, 1.82) is 0 Å². The first-order valence-electron chi connectivity index (χ1n) is 16.8. The molecular formula is C40H48N4O2. The second kappa shape index (κ2) is 18.0. The molecule has 4 aromatic carbocycles. The molecule has 0 radical (unpaired) electrons. The van der Waals surface area contributed by atoms with E-state index in [1.165, 1.54) is 22.3 Å². The monoisotopic (exact) mass is 616 g/mol. The van der Waals surface area contributed by atoms with Gasteiger partial charge in [0.2, 0.25) is 11.8 Å². The van der Waals surface area contributed by atoms with Crippen molar-refractivity contribution in [3.05, 3.63) is 144 Å². The van der Waals surface area contributed by atoms with Crippen LogP contribution in [-0.2, 0) is 9.59 Å². The molecule has 4 aromatic rings. The standard InChI is InChI=1S/C40H48N4O2/c45-39(31-37(33-15-5-1-6-16-33)34-17-7-2-8-18-34)41-23-13-25-43-27-29-44(30-28-43)26-14-24-42-40(46)32-38(35-19-9-3-10-20-35)36-21-11-4-12-22-36/h1-12,15-22,37-38H,13-14,23-32H2,(H,41,45)(H,42,46). The second-order valence-electron chi connectivity index (χ2n) is 12.2. The van der Waals surface area contributed by atoms with E-state index in [9.17, 15) is 9.59 Å². The van der Waals surface area contributed by atoms with Crippen molar-refractivity contribution in [3.63, 3.8) is 0 Å². The van der Waals surface area contributed by atoms with Gasteiger partial charge in [-0.05, 0) is 48.2 Å². The van der Waals surface area contributed by atoms with E-state index in [1.807, 2.05) is 72.8 Å². The molecule has 6 heteroatoms. The first kappa shape index (κ1) is 33.1. The molecule has 6 nitrogen and oxygen atoms in total. The van der Waals surface area contributed by atoms with Gasteiger partial charge in [-0.15, -0.1) is 0 Å². The topological polar surface area (TPSA) is 64.7 Å². The summed E-state index contributed by atoms with van der Waals surface area (Å²) < 4.78 is 0. The predicted molar refractivity (Wildman–Crippen MR) is 187 cm³/mol. The van der Waals surface area contributed by atoms with Crippen molar-refractivity contribution in [2.45, 2.75) is 37.5 Å². The minimum atomic E-state index is 0.0595. The molecule has 1 heterocycles. The molecule has 5 rings (SSSR count). The van der Waals surface area contributed by atoms with Crippen molar-refractivity contribution in [3.8, 4) is 0 Å². The molecule has 1 fully saturated rings. The summed E-state index contributed by atoms with van der Waals surface area (Å²) in [4.78, 5) is 30.8. The molecular weight excluding hydrogens is 568 g/mol. The highest BCUT2D eigenvalue weighted by atomic mass is 16.2. The molecule has 2 amide bonds. The zero-order valence-electron chi connectivity index (χ0n) is 26.9. The summed E-state index contributed by atoms with van der Waals surface area (Å²) in [5, 5.41) is 6.33. The van der Waals surface area contributed by atoms with E-state index >= 15 is 0 Å². The highest BCUT2D eigenvalue weighted by molar-refractivity contribution is 5.78. The lowest BCUT2D eigenvalue weighted by Gasteiger charge is -2.34. The van der Waals surface area contributed by atoms with Crippen molar-refractivity contribution in [2.75, 3.05) is 52.4 Å². The molecule has 46 heavy (non-hydrogen) atoms. The van der Waals surface area contributed by atoms with Crippen LogP contribution >= 0.6 is 0 Å². The van der Waals surface area contributed by atoms with E-state index in [2.05, 4.69) is 69.0 Å². The van der Waals surface area contributed by atoms with Crippen LogP contribution in [0.5, 0.6) is 0 Å². The molecule has 0 aliphatic carbocycles. The lowest BCUT2D eigenvalue weighted by atomic mass is 9.88. The Bertz CT molecular complexity index is 1250. The molecule has 0 unspecified atom stereocenters. The quantitative estimate of drug-likeness (QED) is 0.150. The number of piperazine rings is 1. The summed E-state index contributed by atoms with van der Waals surface area (Å²) in [5.41, 5.74) is 4.68. The van der Waals surface area contributed by atoms with E-state index in [1.54, 1.807) is 0 Å². The maximum absolute atomic E-state index is 12.9. The average molecular weight is 617 g/mol. The molecule has 1 aliphatic heterocycles. The summed E-state index contributed by atoms with van der Waals surface area (Å²) >= 11 is 0. The minimum Gasteiger partial charge on any atom is -0.356 e. The molecule has 0 aromatic heterocycles. The van der Waals surface area contributed by atoms with Crippen molar-refractivity contribution in [2.24, 2.45) is 0 Å². The molecule has 0 saturated carbocycles. The SMILES string of the molecule is O=C(CC(c1ccccc1)c1ccccc1)NCCCN1CCN(CCCNC(=O)CC(c2ccccc2)c2ccccc2)CC1. The largest absolute Gasteiger partial charge is 0.356 e. The number of amides is 2. The summed E-state index contributed by atoms with van der Waals surface area (Å²) in [6.07, 6.45) is 2.81. The number of nitrogens with zero attached hydrogens (tertiary/aromatic N) is 2. The first-order valence-corrected chi connectivity index (χ1v) is 16.8. The molecule has 240 valence electrons. The molecule has 1 saturated heterocycles. The molecule has 0 spiro atoms. The van der Waals surface area contributed by atoms with E-state index in [-0.39, 0.29) is 23.7 Å². The van der Waals surface area contributed by atoms with Gasteiger partial charge in [0.1, 0.15) is 0 Å². The van der Waals surface area contributed by atoms with Gasteiger partial charge in [-0.25, -0.2) is 0 Å². The molecule has 0 bridgehead atoms. The van der Waals surface area contributed by atoms with E-state index in [0.717, 1.165) is 52.1 Å².